The molecule has 0 bridgehead atoms. The lowest BCUT2D eigenvalue weighted by Crippen LogP contribution is -2.46. The van der Waals surface area contributed by atoms with E-state index in [0.29, 0.717) is 46.0 Å². The van der Waals surface area contributed by atoms with Gasteiger partial charge < -0.3 is 15.0 Å². The molecule has 0 saturated carbocycles. The molecule has 3 heterocycles. The van der Waals surface area contributed by atoms with Crippen LogP contribution in [0.15, 0.2) is 65.7 Å². The number of nitrogens with one attached hydrogen (secondary N) is 2. The van der Waals surface area contributed by atoms with E-state index in [9.17, 15) is 14.4 Å². The lowest BCUT2D eigenvalue weighted by molar-refractivity contribution is -0.141. The summed E-state index contributed by atoms with van der Waals surface area (Å²) in [7, 11) is 1.29. The number of benzene rings is 2. The van der Waals surface area contributed by atoms with E-state index in [1.165, 1.54) is 11.7 Å². The zero-order valence-electron chi connectivity index (χ0n) is 26.5. The normalized spacial score (nSPS) is 14.4. The highest BCUT2D eigenvalue weighted by Crippen LogP contribution is 2.31. The van der Waals surface area contributed by atoms with E-state index in [1.54, 1.807) is 36.7 Å². The molecular weight excluding hydrogens is 618 g/mol. The van der Waals surface area contributed by atoms with Gasteiger partial charge in [-0.1, -0.05) is 42.6 Å². The zero-order valence-corrected chi connectivity index (χ0v) is 27.3. The van der Waals surface area contributed by atoms with Crippen molar-refractivity contribution in [3.8, 4) is 12.3 Å². The zero-order chi connectivity index (χ0) is 33.3. The molecule has 0 spiro atoms. The quantitative estimate of drug-likeness (QED) is 0.175. The number of fused-ring (bicyclic) bond motifs is 1. The third kappa shape index (κ3) is 8.22. The molecule has 1 amide bonds. The Morgan fingerprint density at radius 3 is 2.51 bits per heavy atom. The molecule has 0 radical (unpaired) electrons. The van der Waals surface area contributed by atoms with Gasteiger partial charge in [0.05, 0.1) is 37.1 Å². The number of likely N-dealkylation sites (N-methyl/N-ethyl adjacent to an activating group) is 1. The monoisotopic (exact) mass is 655 g/mol. The van der Waals surface area contributed by atoms with Gasteiger partial charge in [-0.15, -0.1) is 6.42 Å². The van der Waals surface area contributed by atoms with Crippen LogP contribution in [0.5, 0.6) is 0 Å². The number of carbonyl (C=O) groups excluding carboxylic acids is 2. The van der Waals surface area contributed by atoms with Crippen LogP contribution in [-0.4, -0.2) is 82.6 Å². The first-order valence-electron chi connectivity index (χ1n) is 15.5. The molecule has 2 aromatic heterocycles. The van der Waals surface area contributed by atoms with Crippen molar-refractivity contribution in [2.75, 3.05) is 46.4 Å². The van der Waals surface area contributed by atoms with E-state index in [1.807, 2.05) is 24.3 Å². The molecule has 12 heteroatoms. The molecule has 1 atom stereocenters. The number of hydrogen-bond acceptors (Lipinski definition) is 9. The molecule has 1 fully saturated rings. The van der Waals surface area contributed by atoms with Crippen LogP contribution in [0.3, 0.4) is 0 Å². The maximum absolute atomic E-state index is 14.0. The molecule has 2 N–H and O–H groups in total. The van der Waals surface area contributed by atoms with Crippen LogP contribution in [0, 0.1) is 12.3 Å². The molecule has 244 valence electrons. The van der Waals surface area contributed by atoms with Gasteiger partial charge in [0.15, 0.2) is 0 Å². The van der Waals surface area contributed by atoms with Crippen molar-refractivity contribution in [2.24, 2.45) is 0 Å². The van der Waals surface area contributed by atoms with Crippen molar-refractivity contribution in [1.82, 2.24) is 35.0 Å². The van der Waals surface area contributed by atoms with Gasteiger partial charge in [0.1, 0.15) is 12.4 Å². The van der Waals surface area contributed by atoms with Crippen molar-refractivity contribution in [3.63, 3.8) is 0 Å². The van der Waals surface area contributed by atoms with Crippen LogP contribution < -0.4 is 16.2 Å². The summed E-state index contributed by atoms with van der Waals surface area (Å²) in [6, 6.07) is 13.7. The Kier molecular flexibility index (Phi) is 11.3. The summed E-state index contributed by atoms with van der Waals surface area (Å²) in [6.45, 7) is 7.34. The molecule has 11 nitrogen and oxygen atoms in total. The van der Waals surface area contributed by atoms with E-state index >= 15 is 0 Å². The predicted molar refractivity (Wildman–Crippen MR) is 181 cm³/mol. The maximum atomic E-state index is 14.0. The Balaban J connectivity index is 1.46. The number of ether oxygens (including phenoxy) is 1. The number of carbonyl (C=O) groups is 2. The first-order valence-corrected chi connectivity index (χ1v) is 15.9. The highest BCUT2D eigenvalue weighted by Gasteiger charge is 2.23. The van der Waals surface area contributed by atoms with Crippen LogP contribution in [0.25, 0.3) is 10.9 Å². The number of halogens is 1. The highest BCUT2D eigenvalue weighted by atomic mass is 35.5. The number of nitrogens with zero attached hydrogens (tertiary/aromatic N) is 5. The van der Waals surface area contributed by atoms with E-state index in [0.717, 1.165) is 43.9 Å². The molecule has 5 rings (SSSR count). The molecule has 1 saturated heterocycles. The highest BCUT2D eigenvalue weighted by molar-refractivity contribution is 6.32. The van der Waals surface area contributed by atoms with Crippen molar-refractivity contribution in [2.45, 2.75) is 32.6 Å². The molecule has 4 aromatic rings. The van der Waals surface area contributed by atoms with Crippen LogP contribution >= 0.6 is 11.6 Å². The van der Waals surface area contributed by atoms with E-state index < -0.39 is 12.0 Å². The maximum Gasteiger partial charge on any atom is 0.325 e. The minimum Gasteiger partial charge on any atom is -0.468 e. The van der Waals surface area contributed by atoms with Gasteiger partial charge >= 0.3 is 5.97 Å². The number of rotatable bonds is 12. The number of piperazine rings is 1. The van der Waals surface area contributed by atoms with Gasteiger partial charge in [0.2, 0.25) is 0 Å². The largest absolute Gasteiger partial charge is 0.468 e. The lowest BCUT2D eigenvalue weighted by atomic mass is 9.96. The van der Waals surface area contributed by atoms with Gasteiger partial charge in [-0.25, -0.2) is 4.98 Å². The van der Waals surface area contributed by atoms with Gasteiger partial charge in [-0.05, 0) is 53.6 Å². The number of aromatic nitrogens is 3. The topological polar surface area (TPSA) is 122 Å². The van der Waals surface area contributed by atoms with Crippen LogP contribution in [-0.2, 0) is 29.2 Å². The average Bonchev–Trinajstić information content (AvgIpc) is 3.10. The Hall–Kier alpha value is -4.60. The Labute approximate surface area is 278 Å². The Bertz CT molecular complexity index is 1810. The number of hydrogen-bond donors (Lipinski definition) is 2. The van der Waals surface area contributed by atoms with E-state index in [2.05, 4.69) is 38.3 Å². The molecule has 0 aliphatic carbocycles. The SMILES string of the molecule is C#CCNC(c1ccc(C(=O)NCc2cccnc2)cc1)c1cc2c(=O)n(CC(=O)OC)c(CN3CCN(CC)CC3)nc2cc1Cl. The van der Waals surface area contributed by atoms with Crippen LogP contribution in [0.1, 0.15) is 45.8 Å². The first kappa shape index (κ1) is 33.8. The Morgan fingerprint density at radius 1 is 1.11 bits per heavy atom. The predicted octanol–water partition coefficient (Wildman–Crippen LogP) is 3.00. The van der Waals surface area contributed by atoms with E-state index in [4.69, 9.17) is 27.7 Å². The number of methoxy groups -OCH3 is 1. The second-order valence-electron chi connectivity index (χ2n) is 11.3. The second kappa shape index (κ2) is 15.8. The van der Waals surface area contributed by atoms with Crippen molar-refractivity contribution in [1.29, 1.82) is 0 Å². The molecule has 1 aliphatic rings. The van der Waals surface area contributed by atoms with Gasteiger partial charge in [0.25, 0.3) is 11.5 Å². The molecule has 1 unspecified atom stereocenters. The number of esters is 1. The van der Waals surface area contributed by atoms with E-state index in [-0.39, 0.29) is 24.6 Å². The second-order valence-corrected chi connectivity index (χ2v) is 11.7. The lowest BCUT2D eigenvalue weighted by Gasteiger charge is -2.34. The summed E-state index contributed by atoms with van der Waals surface area (Å²) in [4.78, 5) is 52.7. The number of terminal acetylenes is 1. The number of amides is 1. The van der Waals surface area contributed by atoms with Crippen LogP contribution in [0.4, 0.5) is 0 Å². The molecule has 1 aliphatic heterocycles. The fourth-order valence-corrected chi connectivity index (χ4v) is 5.92. The fraction of sp³-hybridized carbons (Fsp3) is 0.343. The van der Waals surface area contributed by atoms with Crippen molar-refractivity contribution >= 4 is 34.4 Å². The third-order valence-corrected chi connectivity index (χ3v) is 8.67. The minimum absolute atomic E-state index is 0.224. The fourth-order valence-electron chi connectivity index (χ4n) is 5.65. The minimum atomic E-state index is -0.544. The smallest absolute Gasteiger partial charge is 0.325 e. The first-order chi connectivity index (χ1) is 22.8. The Morgan fingerprint density at radius 2 is 1.85 bits per heavy atom. The average molecular weight is 656 g/mol. The summed E-state index contributed by atoms with van der Waals surface area (Å²) >= 11 is 6.88. The number of pyridine rings is 1. The summed E-state index contributed by atoms with van der Waals surface area (Å²) in [6.07, 6.45) is 8.98. The standard InChI is InChI=1S/C35H38ClN7O4/c1-4-12-38-33(25-8-10-26(11-9-25)34(45)39-21-24-7-6-13-37-20-24)27-18-28-30(19-29(27)36)40-31(43(35(28)46)23-32(44)47-3)22-42-16-14-41(5-2)15-17-42/h1,6-11,13,18-20,33,38H,5,12,14-17,21-23H2,2-3H3,(H,39,45). The van der Waals surface area contributed by atoms with Gasteiger partial charge in [-0.3, -0.25) is 34.2 Å². The van der Waals surface area contributed by atoms with Crippen LogP contribution in [0.2, 0.25) is 5.02 Å². The molecular formula is C35H38ClN7O4. The van der Waals surface area contributed by atoms with Crippen molar-refractivity contribution in [3.05, 3.63) is 104 Å². The summed E-state index contributed by atoms with van der Waals surface area (Å²) in [5.74, 6) is 2.30. The molecule has 2 aromatic carbocycles. The summed E-state index contributed by atoms with van der Waals surface area (Å²) < 4.78 is 6.30. The summed E-state index contributed by atoms with van der Waals surface area (Å²) in [5, 5.41) is 6.91. The summed E-state index contributed by atoms with van der Waals surface area (Å²) in [5.41, 5.74) is 2.84. The van der Waals surface area contributed by atoms with Crippen molar-refractivity contribution < 1.29 is 14.3 Å². The molecule has 47 heavy (non-hydrogen) atoms. The third-order valence-electron chi connectivity index (χ3n) is 8.35. The van der Waals surface area contributed by atoms with Gasteiger partial charge in [-0.2, -0.15) is 0 Å². The van der Waals surface area contributed by atoms with Gasteiger partial charge in [0, 0.05) is 55.7 Å².